The van der Waals surface area contributed by atoms with E-state index in [0.717, 1.165) is 23.3 Å². The van der Waals surface area contributed by atoms with Gasteiger partial charge in [-0.15, -0.1) is 0 Å². The smallest absolute Gasteiger partial charge is 0.142 e. The lowest BCUT2D eigenvalue weighted by Gasteiger charge is -2.14. The van der Waals surface area contributed by atoms with Gasteiger partial charge in [0.15, 0.2) is 0 Å². The number of hydrogen-bond acceptors (Lipinski definition) is 6. The highest BCUT2D eigenvalue weighted by Crippen LogP contribution is 2.37. The van der Waals surface area contributed by atoms with Crippen LogP contribution in [-0.4, -0.2) is 25.8 Å². The number of benzene rings is 2. The van der Waals surface area contributed by atoms with E-state index in [1.807, 2.05) is 48.5 Å². The van der Waals surface area contributed by atoms with Crippen LogP contribution in [0.2, 0.25) is 0 Å². The molecule has 2 aromatic carbocycles. The van der Waals surface area contributed by atoms with E-state index >= 15 is 0 Å². The number of nitrogens with two attached hydrogens (primary N) is 1. The normalized spacial score (nSPS) is 10.3. The van der Waals surface area contributed by atoms with E-state index in [1.54, 1.807) is 14.2 Å². The molecule has 0 atom stereocenters. The third-order valence-corrected chi connectivity index (χ3v) is 4.48. The van der Waals surface area contributed by atoms with E-state index in [1.165, 1.54) is 0 Å². The van der Waals surface area contributed by atoms with E-state index in [4.69, 9.17) is 19.9 Å². The summed E-state index contributed by atoms with van der Waals surface area (Å²) in [5.74, 6) is 2.25. The molecular weight excluding hydrogens is 366 g/mol. The van der Waals surface area contributed by atoms with E-state index in [2.05, 4.69) is 18.0 Å². The third-order valence-electron chi connectivity index (χ3n) is 4.48. The summed E-state index contributed by atoms with van der Waals surface area (Å²) >= 11 is 0. The molecule has 0 spiro atoms. The predicted octanol–water partition coefficient (Wildman–Crippen LogP) is 4.68. The number of nitrogens with zero attached hydrogens (tertiary/aromatic N) is 2. The van der Waals surface area contributed by atoms with Gasteiger partial charge >= 0.3 is 0 Å². The molecule has 0 saturated carbocycles. The quantitative estimate of drug-likeness (QED) is 0.631. The van der Waals surface area contributed by atoms with Crippen molar-refractivity contribution < 1.29 is 14.2 Å². The zero-order chi connectivity index (χ0) is 20.8. The molecule has 29 heavy (non-hydrogen) atoms. The lowest BCUT2D eigenvalue weighted by molar-refractivity contribution is 0.317. The maximum atomic E-state index is 9.64. The van der Waals surface area contributed by atoms with Crippen LogP contribution in [0.15, 0.2) is 48.5 Å². The minimum absolute atomic E-state index is 0.163. The number of methoxy groups -OCH3 is 2. The largest absolute Gasteiger partial charge is 0.497 e. The molecule has 0 saturated heterocycles. The number of pyridine rings is 1. The molecule has 148 valence electrons. The Balaban J connectivity index is 2.12. The summed E-state index contributed by atoms with van der Waals surface area (Å²) in [6.07, 6.45) is 0.937. The summed E-state index contributed by atoms with van der Waals surface area (Å²) in [4.78, 5) is 4.44. The van der Waals surface area contributed by atoms with Crippen LogP contribution in [0.5, 0.6) is 17.2 Å². The highest BCUT2D eigenvalue weighted by atomic mass is 16.5. The molecule has 6 nitrogen and oxygen atoms in total. The minimum atomic E-state index is 0.163. The van der Waals surface area contributed by atoms with Gasteiger partial charge in [0.2, 0.25) is 0 Å². The lowest BCUT2D eigenvalue weighted by Crippen LogP contribution is -2.01. The Morgan fingerprint density at radius 3 is 2.31 bits per heavy atom. The van der Waals surface area contributed by atoms with Gasteiger partial charge < -0.3 is 19.9 Å². The summed E-state index contributed by atoms with van der Waals surface area (Å²) in [5, 5.41) is 9.64. The number of aromatic nitrogens is 1. The van der Waals surface area contributed by atoms with Crippen LogP contribution < -0.4 is 19.9 Å². The van der Waals surface area contributed by atoms with Crippen LogP contribution in [0.1, 0.15) is 18.9 Å². The predicted molar refractivity (Wildman–Crippen MR) is 113 cm³/mol. The second kappa shape index (κ2) is 8.98. The van der Waals surface area contributed by atoms with Crippen molar-refractivity contribution in [2.45, 2.75) is 13.3 Å². The van der Waals surface area contributed by atoms with Gasteiger partial charge in [-0.2, -0.15) is 5.26 Å². The van der Waals surface area contributed by atoms with Crippen molar-refractivity contribution in [2.24, 2.45) is 0 Å². The zero-order valence-corrected chi connectivity index (χ0v) is 16.7. The number of nitriles is 1. The maximum absolute atomic E-state index is 9.64. The van der Waals surface area contributed by atoms with E-state index in [9.17, 15) is 5.26 Å². The molecule has 0 radical (unpaired) electrons. The monoisotopic (exact) mass is 389 g/mol. The highest BCUT2D eigenvalue weighted by Gasteiger charge is 2.16. The standard InChI is InChI=1S/C23H23N3O3/c1-4-11-29-16-7-5-15(6-8-16)18-13-21(26-23(25)20(18)14-24)19-12-17(27-2)9-10-22(19)28-3/h5-10,12-13H,4,11H2,1-3H3,(H2,25,26). The second-order valence-electron chi connectivity index (χ2n) is 6.37. The first-order valence-electron chi connectivity index (χ1n) is 9.27. The molecule has 6 heteroatoms. The summed E-state index contributed by atoms with van der Waals surface area (Å²) < 4.78 is 16.4. The lowest BCUT2D eigenvalue weighted by atomic mass is 9.98. The molecule has 0 fully saturated rings. The SMILES string of the molecule is CCCOc1ccc(-c2cc(-c3cc(OC)ccc3OC)nc(N)c2C#N)cc1. The van der Waals surface area contributed by atoms with Crippen molar-refractivity contribution >= 4 is 5.82 Å². The van der Waals surface area contributed by atoms with E-state index < -0.39 is 0 Å². The first-order valence-corrected chi connectivity index (χ1v) is 9.27. The Morgan fingerprint density at radius 2 is 1.69 bits per heavy atom. The first-order chi connectivity index (χ1) is 14.1. The Kier molecular flexibility index (Phi) is 6.20. The summed E-state index contributed by atoms with van der Waals surface area (Å²) in [6.45, 7) is 2.71. The summed E-state index contributed by atoms with van der Waals surface area (Å²) in [7, 11) is 3.19. The molecule has 0 aliphatic heterocycles. The van der Waals surface area contributed by atoms with Gasteiger partial charge in [-0.1, -0.05) is 19.1 Å². The average molecular weight is 389 g/mol. The molecule has 3 aromatic rings. The van der Waals surface area contributed by atoms with Crippen LogP contribution in [0.4, 0.5) is 5.82 Å². The Morgan fingerprint density at radius 1 is 0.966 bits per heavy atom. The van der Waals surface area contributed by atoms with Crippen molar-refractivity contribution in [3.63, 3.8) is 0 Å². The van der Waals surface area contributed by atoms with Gasteiger partial charge in [0, 0.05) is 11.1 Å². The van der Waals surface area contributed by atoms with Crippen molar-refractivity contribution in [3.05, 3.63) is 54.1 Å². The highest BCUT2D eigenvalue weighted by molar-refractivity contribution is 5.82. The third kappa shape index (κ3) is 4.25. The van der Waals surface area contributed by atoms with Gasteiger partial charge in [0.25, 0.3) is 0 Å². The first kappa shape index (κ1) is 20.0. The Bertz CT molecular complexity index is 1040. The summed E-state index contributed by atoms with van der Waals surface area (Å²) in [6, 6.07) is 17.0. The van der Waals surface area contributed by atoms with Gasteiger partial charge in [-0.05, 0) is 48.4 Å². The van der Waals surface area contributed by atoms with Gasteiger partial charge in [0.1, 0.15) is 34.7 Å². The van der Waals surface area contributed by atoms with Crippen LogP contribution in [-0.2, 0) is 0 Å². The van der Waals surface area contributed by atoms with Gasteiger partial charge in [0.05, 0.1) is 26.5 Å². The van der Waals surface area contributed by atoms with Gasteiger partial charge in [-0.25, -0.2) is 4.98 Å². The van der Waals surface area contributed by atoms with Crippen molar-refractivity contribution in [1.29, 1.82) is 5.26 Å². The molecule has 3 rings (SSSR count). The number of nitrogen functional groups attached to an aromatic ring is 1. The Hall–Kier alpha value is -3.72. The van der Waals surface area contributed by atoms with E-state index in [-0.39, 0.29) is 5.82 Å². The number of rotatable bonds is 7. The van der Waals surface area contributed by atoms with Crippen LogP contribution >= 0.6 is 0 Å². The van der Waals surface area contributed by atoms with Gasteiger partial charge in [-0.3, -0.25) is 0 Å². The molecule has 2 N–H and O–H groups in total. The van der Waals surface area contributed by atoms with Crippen molar-refractivity contribution in [1.82, 2.24) is 4.98 Å². The fourth-order valence-electron chi connectivity index (χ4n) is 3.01. The van der Waals surface area contributed by atoms with E-state index in [0.29, 0.717) is 34.9 Å². The topological polar surface area (TPSA) is 90.4 Å². The fraction of sp³-hybridized carbons (Fsp3) is 0.217. The minimum Gasteiger partial charge on any atom is -0.497 e. The molecule has 0 unspecified atom stereocenters. The molecule has 1 heterocycles. The van der Waals surface area contributed by atoms with Crippen LogP contribution in [0.25, 0.3) is 22.4 Å². The Labute approximate surface area is 170 Å². The number of hydrogen-bond donors (Lipinski definition) is 1. The number of anilines is 1. The fourth-order valence-corrected chi connectivity index (χ4v) is 3.01. The zero-order valence-electron chi connectivity index (χ0n) is 16.7. The molecule has 0 aliphatic carbocycles. The molecule has 0 amide bonds. The summed E-state index contributed by atoms with van der Waals surface area (Å²) in [5.41, 5.74) is 9.34. The van der Waals surface area contributed by atoms with Crippen LogP contribution in [0, 0.1) is 11.3 Å². The van der Waals surface area contributed by atoms with Crippen molar-refractivity contribution in [2.75, 3.05) is 26.6 Å². The number of ether oxygens (including phenoxy) is 3. The van der Waals surface area contributed by atoms with Crippen molar-refractivity contribution in [3.8, 4) is 45.7 Å². The molecule has 0 bridgehead atoms. The van der Waals surface area contributed by atoms with Crippen LogP contribution in [0.3, 0.4) is 0 Å². The second-order valence-corrected chi connectivity index (χ2v) is 6.37. The molecular formula is C23H23N3O3. The molecule has 1 aromatic heterocycles. The average Bonchev–Trinajstić information content (AvgIpc) is 2.77. The maximum Gasteiger partial charge on any atom is 0.142 e. The molecule has 0 aliphatic rings.